The maximum atomic E-state index is 2.52. The van der Waals surface area contributed by atoms with E-state index in [0.29, 0.717) is 0 Å². The Morgan fingerprint density at radius 1 is 1.17 bits per heavy atom. The van der Waals surface area contributed by atoms with E-state index in [-0.39, 0.29) is 0 Å². The average molecular weight is 247 g/mol. The zero-order chi connectivity index (χ0) is 13.5. The fourth-order valence-electron chi connectivity index (χ4n) is 2.73. The van der Waals surface area contributed by atoms with E-state index in [0.717, 1.165) is 6.54 Å². The first-order chi connectivity index (χ1) is 8.76. The van der Waals surface area contributed by atoms with E-state index in [1.54, 1.807) is 11.1 Å². The molecule has 0 saturated carbocycles. The van der Waals surface area contributed by atoms with Crippen molar-refractivity contribution in [3.63, 3.8) is 0 Å². The SMILES string of the molecule is CC.CCCc1cc2c(cc1C)N(CC)CCC2. The second kappa shape index (κ2) is 7.45. The van der Waals surface area contributed by atoms with Gasteiger partial charge in [0.1, 0.15) is 0 Å². The molecule has 0 aromatic heterocycles. The van der Waals surface area contributed by atoms with Crippen LogP contribution in [0, 0.1) is 6.92 Å². The highest BCUT2D eigenvalue weighted by Gasteiger charge is 2.16. The van der Waals surface area contributed by atoms with Gasteiger partial charge in [-0.25, -0.2) is 0 Å². The van der Waals surface area contributed by atoms with Crippen molar-refractivity contribution in [2.24, 2.45) is 0 Å². The number of fused-ring (bicyclic) bond motifs is 1. The van der Waals surface area contributed by atoms with Crippen molar-refractivity contribution in [1.82, 2.24) is 0 Å². The number of benzene rings is 1. The third-order valence-corrected chi connectivity index (χ3v) is 3.65. The van der Waals surface area contributed by atoms with Crippen LogP contribution in [0.3, 0.4) is 0 Å². The van der Waals surface area contributed by atoms with Crippen LogP contribution >= 0.6 is 0 Å². The smallest absolute Gasteiger partial charge is 0.0401 e. The summed E-state index contributed by atoms with van der Waals surface area (Å²) >= 11 is 0. The van der Waals surface area contributed by atoms with Gasteiger partial charge in [-0.3, -0.25) is 0 Å². The molecule has 1 heteroatoms. The summed E-state index contributed by atoms with van der Waals surface area (Å²) in [6.07, 6.45) is 5.06. The van der Waals surface area contributed by atoms with Crippen LogP contribution in [0.25, 0.3) is 0 Å². The average Bonchev–Trinajstić information content (AvgIpc) is 2.41. The molecule has 1 heterocycles. The third-order valence-electron chi connectivity index (χ3n) is 3.65. The van der Waals surface area contributed by atoms with Crippen LogP contribution in [0.2, 0.25) is 0 Å². The number of aryl methyl sites for hydroxylation is 3. The van der Waals surface area contributed by atoms with Crippen LogP contribution < -0.4 is 4.90 Å². The standard InChI is InChI=1S/C15H23N.C2H6/c1-4-7-13-11-14-8-6-9-16(5-2)15(14)10-12(13)3;1-2/h10-11H,4-9H2,1-3H3;1-2H3. The van der Waals surface area contributed by atoms with Crippen molar-refractivity contribution in [1.29, 1.82) is 0 Å². The topological polar surface area (TPSA) is 3.24 Å². The molecule has 0 bridgehead atoms. The predicted octanol–water partition coefficient (Wildman–Crippen LogP) is 4.75. The first-order valence-corrected chi connectivity index (χ1v) is 7.63. The lowest BCUT2D eigenvalue weighted by molar-refractivity contribution is 0.705. The molecule has 1 nitrogen and oxygen atoms in total. The van der Waals surface area contributed by atoms with Crippen molar-refractivity contribution in [3.05, 3.63) is 28.8 Å². The molecule has 0 N–H and O–H groups in total. The Morgan fingerprint density at radius 3 is 2.50 bits per heavy atom. The van der Waals surface area contributed by atoms with Gasteiger partial charge in [-0.1, -0.05) is 33.3 Å². The Hall–Kier alpha value is -0.980. The summed E-state index contributed by atoms with van der Waals surface area (Å²) in [5.41, 5.74) is 6.09. The van der Waals surface area contributed by atoms with E-state index in [4.69, 9.17) is 0 Å². The van der Waals surface area contributed by atoms with Gasteiger partial charge in [0.15, 0.2) is 0 Å². The van der Waals surface area contributed by atoms with E-state index in [2.05, 4.69) is 37.8 Å². The molecule has 1 aliphatic heterocycles. The molecule has 0 radical (unpaired) electrons. The van der Waals surface area contributed by atoms with Gasteiger partial charge in [-0.2, -0.15) is 0 Å². The van der Waals surface area contributed by atoms with Gasteiger partial charge in [0.2, 0.25) is 0 Å². The summed E-state index contributed by atoms with van der Waals surface area (Å²) in [7, 11) is 0. The van der Waals surface area contributed by atoms with E-state index in [9.17, 15) is 0 Å². The molecule has 0 aliphatic carbocycles. The van der Waals surface area contributed by atoms with Gasteiger partial charge in [-0.15, -0.1) is 0 Å². The molecule has 0 unspecified atom stereocenters. The highest BCUT2D eigenvalue weighted by atomic mass is 15.1. The molecule has 1 aromatic carbocycles. The summed E-state index contributed by atoms with van der Waals surface area (Å²) in [5, 5.41) is 0. The van der Waals surface area contributed by atoms with Gasteiger partial charge in [0.05, 0.1) is 0 Å². The van der Waals surface area contributed by atoms with Crippen LogP contribution in [0.1, 0.15) is 57.2 Å². The number of anilines is 1. The van der Waals surface area contributed by atoms with Crippen molar-refractivity contribution in [2.45, 2.75) is 60.3 Å². The Bertz CT molecular complexity index is 368. The monoisotopic (exact) mass is 247 g/mol. The van der Waals surface area contributed by atoms with Crippen LogP contribution in [0.4, 0.5) is 5.69 Å². The Labute approximate surface area is 113 Å². The molecule has 1 aliphatic rings. The molecule has 0 fully saturated rings. The quantitative estimate of drug-likeness (QED) is 0.745. The molecule has 1 aromatic rings. The van der Waals surface area contributed by atoms with Crippen LogP contribution in [0.15, 0.2) is 12.1 Å². The Morgan fingerprint density at radius 2 is 1.89 bits per heavy atom. The number of rotatable bonds is 3. The second-order valence-corrected chi connectivity index (χ2v) is 4.84. The van der Waals surface area contributed by atoms with E-state index in [1.807, 2.05) is 13.8 Å². The largest absolute Gasteiger partial charge is 0.372 e. The van der Waals surface area contributed by atoms with Crippen LogP contribution in [-0.2, 0) is 12.8 Å². The summed E-state index contributed by atoms with van der Waals surface area (Å²) in [4.78, 5) is 2.52. The predicted molar refractivity (Wildman–Crippen MR) is 82.7 cm³/mol. The minimum absolute atomic E-state index is 1.14. The highest BCUT2D eigenvalue weighted by Crippen LogP contribution is 2.30. The molecule has 18 heavy (non-hydrogen) atoms. The van der Waals surface area contributed by atoms with Gasteiger partial charge in [0, 0.05) is 18.8 Å². The lowest BCUT2D eigenvalue weighted by Gasteiger charge is -2.31. The van der Waals surface area contributed by atoms with E-state index < -0.39 is 0 Å². The molecular formula is C17H29N. The fourth-order valence-corrected chi connectivity index (χ4v) is 2.73. The number of nitrogens with zero attached hydrogens (tertiary/aromatic N) is 1. The zero-order valence-corrected chi connectivity index (χ0v) is 12.8. The van der Waals surface area contributed by atoms with Crippen molar-refractivity contribution >= 4 is 5.69 Å². The molecule has 0 spiro atoms. The van der Waals surface area contributed by atoms with Gasteiger partial charge in [-0.05, 0) is 55.9 Å². The first-order valence-electron chi connectivity index (χ1n) is 7.63. The van der Waals surface area contributed by atoms with Gasteiger partial charge in [0.25, 0.3) is 0 Å². The Kier molecular flexibility index (Phi) is 6.24. The first kappa shape index (κ1) is 15.1. The zero-order valence-electron chi connectivity index (χ0n) is 12.8. The normalized spacial score (nSPS) is 13.7. The minimum Gasteiger partial charge on any atom is -0.372 e. The van der Waals surface area contributed by atoms with E-state index >= 15 is 0 Å². The summed E-state index contributed by atoms with van der Waals surface area (Å²) < 4.78 is 0. The third kappa shape index (κ3) is 3.28. The summed E-state index contributed by atoms with van der Waals surface area (Å²) in [6.45, 7) is 13.1. The summed E-state index contributed by atoms with van der Waals surface area (Å²) in [5.74, 6) is 0. The molecule has 0 amide bonds. The molecule has 102 valence electrons. The lowest BCUT2D eigenvalue weighted by atomic mass is 9.94. The second-order valence-electron chi connectivity index (χ2n) is 4.84. The molecular weight excluding hydrogens is 218 g/mol. The van der Waals surface area contributed by atoms with Crippen molar-refractivity contribution in [2.75, 3.05) is 18.0 Å². The highest BCUT2D eigenvalue weighted by molar-refractivity contribution is 5.59. The molecule has 2 rings (SSSR count). The number of hydrogen-bond acceptors (Lipinski definition) is 1. The lowest BCUT2D eigenvalue weighted by Crippen LogP contribution is -2.29. The van der Waals surface area contributed by atoms with Crippen molar-refractivity contribution < 1.29 is 0 Å². The molecule has 0 atom stereocenters. The fraction of sp³-hybridized carbons (Fsp3) is 0.647. The van der Waals surface area contributed by atoms with Gasteiger partial charge < -0.3 is 4.90 Å². The van der Waals surface area contributed by atoms with Crippen LogP contribution in [-0.4, -0.2) is 13.1 Å². The van der Waals surface area contributed by atoms with Crippen molar-refractivity contribution in [3.8, 4) is 0 Å². The minimum atomic E-state index is 1.14. The Balaban J connectivity index is 0.000000771. The number of hydrogen-bond donors (Lipinski definition) is 0. The van der Waals surface area contributed by atoms with Crippen LogP contribution in [0.5, 0.6) is 0 Å². The van der Waals surface area contributed by atoms with E-state index in [1.165, 1.54) is 43.5 Å². The van der Waals surface area contributed by atoms with Gasteiger partial charge >= 0.3 is 0 Å². The maximum absolute atomic E-state index is 2.52. The maximum Gasteiger partial charge on any atom is 0.0401 e. The summed E-state index contributed by atoms with van der Waals surface area (Å²) in [6, 6.07) is 4.86. The molecule has 0 saturated heterocycles.